The Balaban J connectivity index is 1.40. The molecule has 0 saturated carbocycles. The second kappa shape index (κ2) is 9.05. The fourth-order valence-electron chi connectivity index (χ4n) is 4.19. The summed E-state index contributed by atoms with van der Waals surface area (Å²) in [6.45, 7) is 1.80. The van der Waals surface area contributed by atoms with Crippen LogP contribution in [0.1, 0.15) is 35.4 Å². The number of hydrogen-bond acceptors (Lipinski definition) is 3. The van der Waals surface area contributed by atoms with Crippen molar-refractivity contribution in [3.05, 3.63) is 102 Å². The van der Waals surface area contributed by atoms with Crippen molar-refractivity contribution in [3.63, 3.8) is 0 Å². The molecule has 1 aliphatic heterocycles. The van der Waals surface area contributed by atoms with E-state index >= 15 is 0 Å². The maximum Gasteiger partial charge on any atom is 0.115 e. The van der Waals surface area contributed by atoms with E-state index in [0.29, 0.717) is 23.8 Å². The molecular formula is C25H28N2O. The molecule has 0 amide bonds. The third kappa shape index (κ3) is 4.61. The van der Waals surface area contributed by atoms with E-state index in [1.807, 2.05) is 12.1 Å². The maximum absolute atomic E-state index is 9.41. The average molecular weight is 373 g/mol. The molecule has 2 atom stereocenters. The molecule has 3 N–H and O–H groups in total. The fraction of sp³-hybridized carbons (Fsp3) is 0.280. The van der Waals surface area contributed by atoms with Crippen LogP contribution in [0.3, 0.4) is 0 Å². The van der Waals surface area contributed by atoms with Gasteiger partial charge in [-0.3, -0.25) is 0 Å². The number of nitrogens with one attached hydrogen (secondary N) is 2. The summed E-state index contributed by atoms with van der Waals surface area (Å²) in [6, 6.07) is 30.0. The molecule has 1 heterocycles. The van der Waals surface area contributed by atoms with Gasteiger partial charge in [0.25, 0.3) is 0 Å². The quantitative estimate of drug-likeness (QED) is 0.600. The van der Waals surface area contributed by atoms with E-state index in [-0.39, 0.29) is 0 Å². The Labute approximate surface area is 167 Å². The van der Waals surface area contributed by atoms with E-state index in [4.69, 9.17) is 0 Å². The molecule has 4 rings (SSSR count). The van der Waals surface area contributed by atoms with Gasteiger partial charge in [-0.25, -0.2) is 0 Å². The number of hydrogen-bond donors (Lipinski definition) is 3. The molecular weight excluding hydrogens is 344 g/mol. The van der Waals surface area contributed by atoms with Gasteiger partial charge in [0.2, 0.25) is 0 Å². The molecule has 0 bridgehead atoms. The molecule has 3 aromatic rings. The normalized spacial score (nSPS) is 19.6. The molecule has 0 aliphatic carbocycles. The van der Waals surface area contributed by atoms with Crippen LogP contribution in [0.5, 0.6) is 5.75 Å². The van der Waals surface area contributed by atoms with E-state index in [0.717, 1.165) is 25.9 Å². The monoisotopic (exact) mass is 372 g/mol. The lowest BCUT2D eigenvalue weighted by Crippen LogP contribution is -2.49. The van der Waals surface area contributed by atoms with Crippen molar-refractivity contribution in [2.45, 2.75) is 37.4 Å². The summed E-state index contributed by atoms with van der Waals surface area (Å²) in [7, 11) is 0. The summed E-state index contributed by atoms with van der Waals surface area (Å²) in [6.07, 6.45) is 2.30. The Bertz CT molecular complexity index is 801. The second-order valence-corrected chi connectivity index (χ2v) is 7.64. The maximum atomic E-state index is 9.41. The summed E-state index contributed by atoms with van der Waals surface area (Å²) in [4.78, 5) is 0. The molecule has 0 spiro atoms. The fourth-order valence-corrected chi connectivity index (χ4v) is 4.19. The Hall–Kier alpha value is -2.62. The van der Waals surface area contributed by atoms with Crippen molar-refractivity contribution in [2.24, 2.45) is 0 Å². The first kappa shape index (κ1) is 18.7. The summed E-state index contributed by atoms with van der Waals surface area (Å²) in [5, 5.41) is 16.9. The van der Waals surface area contributed by atoms with Crippen LogP contribution in [0.25, 0.3) is 0 Å². The molecule has 1 aliphatic rings. The van der Waals surface area contributed by atoms with Gasteiger partial charge in [-0.05, 0) is 41.7 Å². The molecule has 0 aromatic heterocycles. The van der Waals surface area contributed by atoms with Gasteiger partial charge in [-0.15, -0.1) is 0 Å². The van der Waals surface area contributed by atoms with Gasteiger partial charge < -0.3 is 15.7 Å². The summed E-state index contributed by atoms with van der Waals surface area (Å²) < 4.78 is 0. The number of piperidine rings is 1. The van der Waals surface area contributed by atoms with Crippen LogP contribution < -0.4 is 10.6 Å². The van der Waals surface area contributed by atoms with Crippen molar-refractivity contribution in [1.29, 1.82) is 0 Å². The van der Waals surface area contributed by atoms with Crippen molar-refractivity contribution in [1.82, 2.24) is 10.6 Å². The average Bonchev–Trinajstić information content (AvgIpc) is 2.76. The van der Waals surface area contributed by atoms with Gasteiger partial charge in [0, 0.05) is 31.1 Å². The molecule has 2 unspecified atom stereocenters. The van der Waals surface area contributed by atoms with Crippen LogP contribution in [0.2, 0.25) is 0 Å². The third-order valence-electron chi connectivity index (χ3n) is 5.70. The molecule has 3 nitrogen and oxygen atoms in total. The summed E-state index contributed by atoms with van der Waals surface area (Å²) in [5.41, 5.74) is 3.95. The van der Waals surface area contributed by atoms with Crippen LogP contribution >= 0.6 is 0 Å². The minimum atomic E-state index is 0.318. The largest absolute Gasteiger partial charge is 0.508 e. The van der Waals surface area contributed by atoms with Gasteiger partial charge >= 0.3 is 0 Å². The van der Waals surface area contributed by atoms with Crippen molar-refractivity contribution >= 4 is 0 Å². The Morgan fingerprint density at radius 2 is 1.43 bits per heavy atom. The number of phenols is 1. The van der Waals surface area contributed by atoms with E-state index in [2.05, 4.69) is 71.3 Å². The first-order valence-electron chi connectivity index (χ1n) is 10.1. The van der Waals surface area contributed by atoms with Crippen LogP contribution in [0.4, 0.5) is 0 Å². The van der Waals surface area contributed by atoms with E-state index < -0.39 is 0 Å². The Kier molecular flexibility index (Phi) is 6.05. The molecule has 0 radical (unpaired) electrons. The number of benzene rings is 3. The first-order chi connectivity index (χ1) is 13.8. The van der Waals surface area contributed by atoms with Gasteiger partial charge in [-0.1, -0.05) is 72.8 Å². The van der Waals surface area contributed by atoms with Crippen LogP contribution in [0, 0.1) is 0 Å². The van der Waals surface area contributed by atoms with Crippen LogP contribution in [0.15, 0.2) is 84.9 Å². The zero-order valence-corrected chi connectivity index (χ0v) is 16.1. The second-order valence-electron chi connectivity index (χ2n) is 7.64. The highest BCUT2D eigenvalue weighted by atomic mass is 16.3. The van der Waals surface area contributed by atoms with Crippen molar-refractivity contribution in [3.8, 4) is 5.75 Å². The van der Waals surface area contributed by atoms with E-state index in [1.54, 1.807) is 12.1 Å². The minimum absolute atomic E-state index is 0.318. The van der Waals surface area contributed by atoms with Crippen molar-refractivity contribution < 1.29 is 5.11 Å². The first-order valence-corrected chi connectivity index (χ1v) is 10.1. The highest BCUT2D eigenvalue weighted by Gasteiger charge is 2.29. The highest BCUT2D eigenvalue weighted by molar-refractivity contribution is 5.34. The molecule has 3 heteroatoms. The van der Waals surface area contributed by atoms with Crippen molar-refractivity contribution in [2.75, 3.05) is 6.54 Å². The topological polar surface area (TPSA) is 44.3 Å². The number of phenolic OH excluding ortho intramolecular Hbond substituents is 1. The molecule has 3 aromatic carbocycles. The summed E-state index contributed by atoms with van der Waals surface area (Å²) >= 11 is 0. The van der Waals surface area contributed by atoms with Crippen LogP contribution in [-0.4, -0.2) is 23.7 Å². The SMILES string of the molecule is Oc1ccc(CNC2CCC(C(c3ccccc3)c3ccccc3)NC2)cc1. The number of rotatable bonds is 6. The molecule has 1 saturated heterocycles. The zero-order valence-electron chi connectivity index (χ0n) is 16.1. The van der Waals surface area contributed by atoms with E-state index in [1.165, 1.54) is 16.7 Å². The standard InChI is InChI=1S/C25H28N2O/c28-23-14-11-19(12-15-23)17-26-22-13-16-24(27-18-22)25(20-7-3-1-4-8-20)21-9-5-2-6-10-21/h1-12,14-15,22,24-28H,13,16-18H2. The zero-order chi connectivity index (χ0) is 19.2. The smallest absolute Gasteiger partial charge is 0.115 e. The predicted octanol–water partition coefficient (Wildman–Crippen LogP) is 4.43. The molecule has 28 heavy (non-hydrogen) atoms. The highest BCUT2D eigenvalue weighted by Crippen LogP contribution is 2.31. The number of aromatic hydroxyl groups is 1. The van der Waals surface area contributed by atoms with Gasteiger partial charge in [-0.2, -0.15) is 0 Å². The van der Waals surface area contributed by atoms with E-state index in [9.17, 15) is 5.11 Å². The third-order valence-corrected chi connectivity index (χ3v) is 5.70. The Morgan fingerprint density at radius 3 is 1.96 bits per heavy atom. The van der Waals surface area contributed by atoms with Gasteiger partial charge in [0.05, 0.1) is 0 Å². The molecule has 144 valence electrons. The van der Waals surface area contributed by atoms with Gasteiger partial charge in [0.1, 0.15) is 5.75 Å². The molecule has 1 fully saturated rings. The lowest BCUT2D eigenvalue weighted by Gasteiger charge is -2.36. The van der Waals surface area contributed by atoms with Gasteiger partial charge in [0.15, 0.2) is 0 Å². The lowest BCUT2D eigenvalue weighted by atomic mass is 9.81. The minimum Gasteiger partial charge on any atom is -0.508 e. The van der Waals surface area contributed by atoms with Crippen LogP contribution in [-0.2, 0) is 6.54 Å². The summed E-state index contributed by atoms with van der Waals surface area (Å²) in [5.74, 6) is 0.694. The Morgan fingerprint density at radius 1 is 0.821 bits per heavy atom. The predicted molar refractivity (Wildman–Crippen MR) is 114 cm³/mol. The lowest BCUT2D eigenvalue weighted by molar-refractivity contribution is 0.307.